The molecule has 35 heavy (non-hydrogen) atoms. The predicted molar refractivity (Wildman–Crippen MR) is 133 cm³/mol. The molecule has 0 aliphatic rings. The number of nitrogens with two attached hydrogens (primary N) is 1. The van der Waals surface area contributed by atoms with Crippen molar-refractivity contribution in [3.63, 3.8) is 0 Å². The Morgan fingerprint density at radius 3 is 2.66 bits per heavy atom. The number of aromatic nitrogens is 3. The Bertz CT molecular complexity index is 1680. The molecular weight excluding hydrogens is 445 g/mol. The van der Waals surface area contributed by atoms with E-state index in [0.717, 1.165) is 5.56 Å². The van der Waals surface area contributed by atoms with Gasteiger partial charge in [0.05, 0.1) is 28.0 Å². The Kier molecular flexibility index (Phi) is 5.39. The highest BCUT2D eigenvalue weighted by Gasteiger charge is 2.17. The van der Waals surface area contributed by atoms with E-state index in [4.69, 9.17) is 11.0 Å². The summed E-state index contributed by atoms with van der Waals surface area (Å²) in [5, 5.41) is 17.0. The van der Waals surface area contributed by atoms with Crippen molar-refractivity contribution < 1.29 is 9.18 Å². The maximum atomic E-state index is 14.6. The van der Waals surface area contributed by atoms with Gasteiger partial charge in [-0.15, -0.1) is 0 Å². The summed E-state index contributed by atoms with van der Waals surface area (Å²) in [5.41, 5.74) is 8.22. The average molecular weight is 463 g/mol. The fourth-order valence-electron chi connectivity index (χ4n) is 3.94. The molecule has 2 heterocycles. The van der Waals surface area contributed by atoms with Crippen LogP contribution in [0.5, 0.6) is 0 Å². The number of nitrogens with zero attached hydrogens (tertiary/aromatic N) is 4. The van der Waals surface area contributed by atoms with Crippen LogP contribution in [0.3, 0.4) is 0 Å². The Morgan fingerprint density at radius 2 is 1.83 bits per heavy atom. The Morgan fingerprint density at radius 1 is 1.00 bits per heavy atom. The zero-order chi connectivity index (χ0) is 24.5. The van der Waals surface area contributed by atoms with Crippen LogP contribution in [0.4, 0.5) is 27.4 Å². The van der Waals surface area contributed by atoms with Gasteiger partial charge in [-0.1, -0.05) is 24.3 Å². The van der Waals surface area contributed by atoms with Gasteiger partial charge in [-0.05, 0) is 42.8 Å². The van der Waals surface area contributed by atoms with E-state index in [1.54, 1.807) is 36.5 Å². The molecule has 0 fully saturated rings. The quantitative estimate of drug-likeness (QED) is 0.339. The summed E-state index contributed by atoms with van der Waals surface area (Å²) in [6, 6.07) is 17.0. The van der Waals surface area contributed by atoms with Crippen molar-refractivity contribution in [2.75, 3.05) is 16.4 Å². The zero-order valence-corrected chi connectivity index (χ0v) is 18.5. The highest BCUT2D eigenvalue weighted by Crippen LogP contribution is 2.33. The predicted octanol–water partition coefficient (Wildman–Crippen LogP) is 5.08. The number of nitriles is 1. The van der Waals surface area contributed by atoms with Crippen LogP contribution < -0.4 is 16.4 Å². The maximum absolute atomic E-state index is 14.6. The lowest BCUT2D eigenvalue weighted by molar-refractivity contribution is 0.102. The number of nitrogens with one attached hydrogen (secondary N) is 2. The van der Waals surface area contributed by atoms with Crippen molar-refractivity contribution >= 4 is 50.6 Å². The number of hydrogen-bond acceptors (Lipinski definition) is 7. The molecule has 5 rings (SSSR count). The van der Waals surface area contributed by atoms with Gasteiger partial charge in [-0.3, -0.25) is 4.79 Å². The molecule has 3 aromatic carbocycles. The number of carbonyl (C=O) groups excluding carboxylic acids is 1. The van der Waals surface area contributed by atoms with Crippen molar-refractivity contribution in [1.29, 1.82) is 5.26 Å². The van der Waals surface area contributed by atoms with Gasteiger partial charge < -0.3 is 16.4 Å². The number of para-hydroxylation sites is 1. The Labute approximate surface area is 199 Å². The van der Waals surface area contributed by atoms with Crippen molar-refractivity contribution in [3.05, 3.63) is 89.6 Å². The average Bonchev–Trinajstić information content (AvgIpc) is 2.87. The zero-order valence-electron chi connectivity index (χ0n) is 18.5. The molecule has 0 radical (unpaired) electrons. The van der Waals surface area contributed by atoms with Gasteiger partial charge in [0.25, 0.3) is 5.91 Å². The van der Waals surface area contributed by atoms with Gasteiger partial charge in [0.1, 0.15) is 24.0 Å². The van der Waals surface area contributed by atoms with Crippen LogP contribution >= 0.6 is 0 Å². The molecule has 0 aliphatic heterocycles. The van der Waals surface area contributed by atoms with Crippen molar-refractivity contribution in [2.45, 2.75) is 6.92 Å². The second-order valence-corrected chi connectivity index (χ2v) is 7.83. The minimum atomic E-state index is -0.661. The number of anilines is 4. The third-order valence-electron chi connectivity index (χ3n) is 5.70. The molecule has 1 amide bonds. The highest BCUT2D eigenvalue weighted by atomic mass is 19.1. The normalized spacial score (nSPS) is 10.8. The number of carbonyl (C=O) groups is 1. The lowest BCUT2D eigenvalue weighted by Crippen LogP contribution is -2.14. The van der Waals surface area contributed by atoms with Crippen LogP contribution in [0.1, 0.15) is 21.5 Å². The number of halogens is 1. The number of pyridine rings is 1. The second-order valence-electron chi connectivity index (χ2n) is 7.83. The molecule has 170 valence electrons. The molecule has 2 aromatic heterocycles. The molecule has 0 saturated carbocycles. The standard InChI is InChI=1S/C26H18FN7O/c1-14-8-9-17-16(10-11-30-25(17)33-20-7-2-4-15(12-28)21(20)27)22(14)34-26(35)19-6-3-5-18-23(19)31-13-32-24(18)29/h2-11,13H,1H3,(H,30,33)(H,34,35)(H2,29,31,32). The first kappa shape index (κ1) is 21.7. The van der Waals surface area contributed by atoms with Gasteiger partial charge in [0.2, 0.25) is 0 Å². The van der Waals surface area contributed by atoms with E-state index in [0.29, 0.717) is 44.6 Å². The van der Waals surface area contributed by atoms with E-state index in [2.05, 4.69) is 25.6 Å². The molecular formula is C26H18FN7O. The molecule has 4 N–H and O–H groups in total. The van der Waals surface area contributed by atoms with Crippen LogP contribution in [0.25, 0.3) is 21.7 Å². The smallest absolute Gasteiger partial charge is 0.257 e. The summed E-state index contributed by atoms with van der Waals surface area (Å²) in [7, 11) is 0. The summed E-state index contributed by atoms with van der Waals surface area (Å²) in [6.07, 6.45) is 2.89. The molecule has 0 atom stereocenters. The Hall–Kier alpha value is -5.10. The van der Waals surface area contributed by atoms with Gasteiger partial charge in [-0.25, -0.2) is 19.3 Å². The number of benzene rings is 3. The number of rotatable bonds is 4. The van der Waals surface area contributed by atoms with E-state index in [9.17, 15) is 9.18 Å². The lowest BCUT2D eigenvalue weighted by atomic mass is 10.0. The maximum Gasteiger partial charge on any atom is 0.257 e. The number of hydrogen-bond donors (Lipinski definition) is 3. The monoisotopic (exact) mass is 463 g/mol. The topological polar surface area (TPSA) is 130 Å². The van der Waals surface area contributed by atoms with Crippen LogP contribution in [0.15, 0.2) is 67.1 Å². The van der Waals surface area contributed by atoms with Gasteiger partial charge in [0, 0.05) is 22.4 Å². The van der Waals surface area contributed by atoms with E-state index in [1.807, 2.05) is 25.1 Å². The molecule has 8 nitrogen and oxygen atoms in total. The lowest BCUT2D eigenvalue weighted by Gasteiger charge is -2.15. The van der Waals surface area contributed by atoms with Gasteiger partial charge in [-0.2, -0.15) is 5.26 Å². The van der Waals surface area contributed by atoms with E-state index in [-0.39, 0.29) is 17.2 Å². The summed E-state index contributed by atoms with van der Waals surface area (Å²) in [6.45, 7) is 1.88. The second kappa shape index (κ2) is 8.68. The minimum Gasteiger partial charge on any atom is -0.383 e. The SMILES string of the molecule is Cc1ccc2c(Nc3cccc(C#N)c3F)nccc2c1NC(=O)c1cccc2c(N)ncnc12. The first-order chi connectivity index (χ1) is 17.0. The molecule has 5 aromatic rings. The van der Waals surface area contributed by atoms with Crippen molar-refractivity contribution in [2.24, 2.45) is 0 Å². The molecule has 0 bridgehead atoms. The number of aryl methyl sites for hydroxylation is 1. The Balaban J connectivity index is 1.56. The van der Waals surface area contributed by atoms with Crippen molar-refractivity contribution in [3.8, 4) is 6.07 Å². The van der Waals surface area contributed by atoms with E-state index < -0.39 is 5.82 Å². The molecule has 0 saturated heterocycles. The van der Waals surface area contributed by atoms with E-state index in [1.165, 1.54) is 18.5 Å². The fraction of sp³-hybridized carbons (Fsp3) is 0.0385. The third-order valence-corrected chi connectivity index (χ3v) is 5.70. The number of nitrogen functional groups attached to an aromatic ring is 1. The number of fused-ring (bicyclic) bond motifs is 2. The summed E-state index contributed by atoms with van der Waals surface area (Å²) < 4.78 is 14.6. The van der Waals surface area contributed by atoms with Crippen LogP contribution in [0, 0.1) is 24.1 Å². The van der Waals surface area contributed by atoms with Gasteiger partial charge in [0.15, 0.2) is 5.82 Å². The number of amides is 1. The first-order valence-corrected chi connectivity index (χ1v) is 10.6. The van der Waals surface area contributed by atoms with Gasteiger partial charge >= 0.3 is 0 Å². The van der Waals surface area contributed by atoms with Crippen LogP contribution in [-0.2, 0) is 0 Å². The van der Waals surface area contributed by atoms with Crippen LogP contribution in [-0.4, -0.2) is 20.9 Å². The van der Waals surface area contributed by atoms with E-state index >= 15 is 0 Å². The third kappa shape index (κ3) is 3.83. The molecule has 0 unspecified atom stereocenters. The largest absolute Gasteiger partial charge is 0.383 e. The van der Waals surface area contributed by atoms with Crippen molar-refractivity contribution in [1.82, 2.24) is 15.0 Å². The summed E-state index contributed by atoms with van der Waals surface area (Å²) in [5.74, 6) is -0.340. The highest BCUT2D eigenvalue weighted by molar-refractivity contribution is 6.16. The summed E-state index contributed by atoms with van der Waals surface area (Å²) in [4.78, 5) is 25.9. The minimum absolute atomic E-state index is 0.0708. The summed E-state index contributed by atoms with van der Waals surface area (Å²) >= 11 is 0. The first-order valence-electron chi connectivity index (χ1n) is 10.6. The molecule has 0 spiro atoms. The van der Waals surface area contributed by atoms with Crippen LogP contribution in [0.2, 0.25) is 0 Å². The fourth-order valence-corrected chi connectivity index (χ4v) is 3.94. The molecule has 0 aliphatic carbocycles. The molecule has 9 heteroatoms.